The molecule has 1 saturated heterocycles. The van der Waals surface area contributed by atoms with Gasteiger partial charge in [0, 0.05) is 23.6 Å². The number of nitrogens with two attached hydrogens (primary N) is 1. The highest BCUT2D eigenvalue weighted by molar-refractivity contribution is 8.00. The second kappa shape index (κ2) is 6.62. The van der Waals surface area contributed by atoms with Gasteiger partial charge >= 0.3 is 0 Å². The number of thioether (sulfide) groups is 1. The molecule has 2 nitrogen and oxygen atoms in total. The van der Waals surface area contributed by atoms with Crippen molar-refractivity contribution in [2.45, 2.75) is 50.7 Å². The van der Waals surface area contributed by atoms with Crippen molar-refractivity contribution in [3.8, 4) is 0 Å². The fourth-order valence-electron chi connectivity index (χ4n) is 3.41. The van der Waals surface area contributed by atoms with E-state index in [1.807, 2.05) is 0 Å². The third-order valence-electron chi connectivity index (χ3n) is 4.79. The minimum atomic E-state index is 0.481. The zero-order valence-corrected chi connectivity index (χ0v) is 13.0. The molecule has 18 heavy (non-hydrogen) atoms. The Morgan fingerprint density at radius 2 is 1.89 bits per heavy atom. The summed E-state index contributed by atoms with van der Waals surface area (Å²) in [5.74, 6) is 2.96. The van der Waals surface area contributed by atoms with Gasteiger partial charge in [-0.15, -0.1) is 0 Å². The van der Waals surface area contributed by atoms with Crippen molar-refractivity contribution in [2.75, 3.05) is 31.9 Å². The molecule has 2 aliphatic rings. The molecule has 106 valence electrons. The molecule has 0 aromatic rings. The van der Waals surface area contributed by atoms with Gasteiger partial charge in [-0.25, -0.2) is 0 Å². The van der Waals surface area contributed by atoms with Crippen LogP contribution in [-0.4, -0.2) is 41.6 Å². The van der Waals surface area contributed by atoms with Crippen LogP contribution in [0.25, 0.3) is 0 Å². The van der Waals surface area contributed by atoms with Crippen LogP contribution in [-0.2, 0) is 0 Å². The van der Waals surface area contributed by atoms with Crippen LogP contribution in [0, 0.1) is 11.8 Å². The minimum absolute atomic E-state index is 0.481. The summed E-state index contributed by atoms with van der Waals surface area (Å²) in [6.07, 6.45) is 6.94. The van der Waals surface area contributed by atoms with E-state index in [9.17, 15) is 0 Å². The molecular formula is C15H30N2S. The van der Waals surface area contributed by atoms with Gasteiger partial charge in [-0.1, -0.05) is 26.7 Å². The molecule has 1 saturated carbocycles. The molecule has 2 rings (SSSR count). The van der Waals surface area contributed by atoms with Crippen LogP contribution in [0.3, 0.4) is 0 Å². The monoisotopic (exact) mass is 270 g/mol. The molecule has 2 N–H and O–H groups in total. The number of rotatable bonds is 3. The van der Waals surface area contributed by atoms with E-state index in [4.69, 9.17) is 5.73 Å². The van der Waals surface area contributed by atoms with Gasteiger partial charge in [0.05, 0.1) is 0 Å². The summed E-state index contributed by atoms with van der Waals surface area (Å²) < 4.78 is 0.481. The third-order valence-corrected chi connectivity index (χ3v) is 6.16. The van der Waals surface area contributed by atoms with Gasteiger partial charge in [0.15, 0.2) is 0 Å². The Labute approximate surface area is 117 Å². The van der Waals surface area contributed by atoms with E-state index in [0.29, 0.717) is 4.75 Å². The summed E-state index contributed by atoms with van der Waals surface area (Å²) in [4.78, 5) is 2.71. The maximum Gasteiger partial charge on any atom is 0.0116 e. The van der Waals surface area contributed by atoms with Gasteiger partial charge in [0.2, 0.25) is 0 Å². The van der Waals surface area contributed by atoms with Crippen LogP contribution >= 0.6 is 11.8 Å². The zero-order valence-electron chi connectivity index (χ0n) is 12.2. The Kier molecular flexibility index (Phi) is 5.40. The zero-order chi connectivity index (χ0) is 13.0. The molecular weight excluding hydrogens is 240 g/mol. The van der Waals surface area contributed by atoms with Crippen molar-refractivity contribution in [1.29, 1.82) is 0 Å². The first-order valence-electron chi connectivity index (χ1n) is 7.67. The Morgan fingerprint density at radius 1 is 1.17 bits per heavy atom. The molecule has 0 bridgehead atoms. The quantitative estimate of drug-likeness (QED) is 0.855. The van der Waals surface area contributed by atoms with E-state index >= 15 is 0 Å². The number of hydrogen-bond acceptors (Lipinski definition) is 3. The normalized spacial score (nSPS) is 34.2. The molecule has 3 heteroatoms. The Balaban J connectivity index is 1.84. The molecule has 0 spiro atoms. The van der Waals surface area contributed by atoms with Crippen molar-refractivity contribution in [2.24, 2.45) is 17.6 Å². The van der Waals surface area contributed by atoms with Gasteiger partial charge in [-0.3, -0.25) is 0 Å². The molecule has 0 radical (unpaired) electrons. The van der Waals surface area contributed by atoms with Crippen LogP contribution in [0.5, 0.6) is 0 Å². The predicted octanol–water partition coefficient (Wildman–Crippen LogP) is 2.97. The summed E-state index contributed by atoms with van der Waals surface area (Å²) in [7, 11) is 0. The highest BCUT2D eigenvalue weighted by Gasteiger charge is 2.28. The summed E-state index contributed by atoms with van der Waals surface area (Å²) >= 11 is 2.15. The molecule has 1 heterocycles. The first-order chi connectivity index (χ1) is 8.61. The molecule has 2 unspecified atom stereocenters. The Bertz CT molecular complexity index is 255. The Hall–Kier alpha value is 0.270. The third kappa shape index (κ3) is 4.14. The highest BCUT2D eigenvalue weighted by Crippen LogP contribution is 2.33. The van der Waals surface area contributed by atoms with Gasteiger partial charge in [0.1, 0.15) is 0 Å². The van der Waals surface area contributed by atoms with E-state index in [1.165, 1.54) is 57.5 Å². The standard InChI is InChI=1S/C15H30N2S/c1-15(2)7-8-17(9-10-18-15)12-14-6-4-3-5-13(14)11-16/h13-14H,3-12,16H2,1-2H3. The summed E-state index contributed by atoms with van der Waals surface area (Å²) in [6, 6.07) is 0. The fourth-order valence-corrected chi connectivity index (χ4v) is 4.55. The van der Waals surface area contributed by atoms with Crippen LogP contribution in [0.2, 0.25) is 0 Å². The predicted molar refractivity (Wildman–Crippen MR) is 82.1 cm³/mol. The maximum absolute atomic E-state index is 5.95. The van der Waals surface area contributed by atoms with E-state index in [2.05, 4.69) is 30.5 Å². The fraction of sp³-hybridized carbons (Fsp3) is 1.00. The van der Waals surface area contributed by atoms with Crippen molar-refractivity contribution < 1.29 is 0 Å². The van der Waals surface area contributed by atoms with Crippen molar-refractivity contribution in [1.82, 2.24) is 4.90 Å². The molecule has 0 amide bonds. The van der Waals surface area contributed by atoms with Crippen molar-refractivity contribution in [3.63, 3.8) is 0 Å². The summed E-state index contributed by atoms with van der Waals surface area (Å²) in [6.45, 7) is 9.56. The van der Waals surface area contributed by atoms with Crippen LogP contribution < -0.4 is 5.73 Å². The van der Waals surface area contributed by atoms with Gasteiger partial charge in [0.25, 0.3) is 0 Å². The average Bonchev–Trinajstić information content (AvgIpc) is 2.52. The van der Waals surface area contributed by atoms with E-state index in [-0.39, 0.29) is 0 Å². The van der Waals surface area contributed by atoms with Gasteiger partial charge < -0.3 is 10.6 Å². The Morgan fingerprint density at radius 3 is 2.61 bits per heavy atom. The molecule has 2 fully saturated rings. The van der Waals surface area contributed by atoms with Gasteiger partial charge in [-0.05, 0) is 44.2 Å². The molecule has 0 aromatic heterocycles. The smallest absolute Gasteiger partial charge is 0.0116 e. The summed E-state index contributed by atoms with van der Waals surface area (Å²) in [5.41, 5.74) is 5.95. The lowest BCUT2D eigenvalue weighted by molar-refractivity contribution is 0.158. The van der Waals surface area contributed by atoms with Gasteiger partial charge in [-0.2, -0.15) is 11.8 Å². The van der Waals surface area contributed by atoms with Crippen molar-refractivity contribution in [3.05, 3.63) is 0 Å². The molecule has 0 aromatic carbocycles. The SMILES string of the molecule is CC1(C)CCN(CC2CCCCC2CN)CCS1. The first kappa shape index (κ1) is 14.7. The molecule has 2 atom stereocenters. The number of nitrogens with zero attached hydrogens (tertiary/aromatic N) is 1. The molecule has 1 aliphatic heterocycles. The first-order valence-corrected chi connectivity index (χ1v) is 8.66. The lowest BCUT2D eigenvalue weighted by Crippen LogP contribution is -2.38. The number of hydrogen-bond donors (Lipinski definition) is 1. The van der Waals surface area contributed by atoms with Crippen LogP contribution in [0.4, 0.5) is 0 Å². The largest absolute Gasteiger partial charge is 0.330 e. The van der Waals surface area contributed by atoms with E-state index < -0.39 is 0 Å². The topological polar surface area (TPSA) is 29.3 Å². The van der Waals surface area contributed by atoms with Crippen molar-refractivity contribution >= 4 is 11.8 Å². The second-order valence-corrected chi connectivity index (χ2v) is 8.50. The van der Waals surface area contributed by atoms with Crippen LogP contribution in [0.15, 0.2) is 0 Å². The lowest BCUT2D eigenvalue weighted by atomic mass is 9.79. The van der Waals surface area contributed by atoms with E-state index in [0.717, 1.165) is 18.4 Å². The summed E-state index contributed by atoms with van der Waals surface area (Å²) in [5, 5.41) is 0. The van der Waals surface area contributed by atoms with E-state index in [1.54, 1.807) is 0 Å². The van der Waals surface area contributed by atoms with Crippen LogP contribution in [0.1, 0.15) is 46.0 Å². The second-order valence-electron chi connectivity index (χ2n) is 6.70. The highest BCUT2D eigenvalue weighted by atomic mass is 32.2. The minimum Gasteiger partial charge on any atom is -0.330 e. The average molecular weight is 270 g/mol. The maximum atomic E-state index is 5.95. The lowest BCUT2D eigenvalue weighted by Gasteiger charge is -2.34. The molecule has 1 aliphatic carbocycles.